The summed E-state index contributed by atoms with van der Waals surface area (Å²) in [5.41, 5.74) is 6.98. The summed E-state index contributed by atoms with van der Waals surface area (Å²) in [6.07, 6.45) is 0.702. The Morgan fingerprint density at radius 2 is 1.83 bits per heavy atom. The van der Waals surface area contributed by atoms with Gasteiger partial charge in [-0.3, -0.25) is 0 Å². The second kappa shape index (κ2) is 4.53. The van der Waals surface area contributed by atoms with Crippen molar-refractivity contribution in [3.8, 4) is 5.75 Å². The van der Waals surface area contributed by atoms with Crippen molar-refractivity contribution >= 4 is 10.0 Å². The number of methoxy groups -OCH3 is 1. The van der Waals surface area contributed by atoms with Crippen LogP contribution in [-0.4, -0.2) is 27.6 Å². The van der Waals surface area contributed by atoms with Crippen molar-refractivity contribution in [2.45, 2.75) is 37.2 Å². The number of hydrogen-bond acceptors (Lipinski definition) is 4. The van der Waals surface area contributed by atoms with E-state index in [1.165, 1.54) is 0 Å². The third-order valence-corrected chi connectivity index (χ3v) is 4.88. The minimum absolute atomic E-state index is 0.0568. The van der Waals surface area contributed by atoms with Gasteiger partial charge >= 0.3 is 0 Å². The van der Waals surface area contributed by atoms with Crippen LogP contribution in [0.1, 0.15) is 17.5 Å². The van der Waals surface area contributed by atoms with E-state index in [1.807, 2.05) is 0 Å². The number of hydrogen-bond donors (Lipinski definition) is 2. The number of aryl methyl sites for hydroxylation is 2. The van der Waals surface area contributed by atoms with Crippen LogP contribution in [-0.2, 0) is 10.0 Å². The van der Waals surface area contributed by atoms with Crippen LogP contribution in [0.3, 0.4) is 0 Å². The Labute approximate surface area is 107 Å². The van der Waals surface area contributed by atoms with Crippen molar-refractivity contribution in [1.29, 1.82) is 0 Å². The summed E-state index contributed by atoms with van der Waals surface area (Å²) < 4.78 is 32.3. The smallest absolute Gasteiger partial charge is 0.241 e. The zero-order valence-corrected chi connectivity index (χ0v) is 11.5. The molecule has 0 bridgehead atoms. The molecule has 2 atom stereocenters. The summed E-state index contributed by atoms with van der Waals surface area (Å²) >= 11 is 0. The molecule has 1 aliphatic carbocycles. The van der Waals surface area contributed by atoms with Gasteiger partial charge in [-0.2, -0.15) is 0 Å². The molecule has 0 radical (unpaired) electrons. The van der Waals surface area contributed by atoms with Crippen LogP contribution >= 0.6 is 0 Å². The molecule has 0 amide bonds. The highest BCUT2D eigenvalue weighted by Crippen LogP contribution is 2.28. The van der Waals surface area contributed by atoms with E-state index < -0.39 is 10.0 Å². The summed E-state index contributed by atoms with van der Waals surface area (Å²) in [5, 5.41) is 0. The first kappa shape index (κ1) is 13.3. The second-order valence-electron chi connectivity index (χ2n) is 4.72. The van der Waals surface area contributed by atoms with Gasteiger partial charge < -0.3 is 10.5 Å². The van der Waals surface area contributed by atoms with Crippen molar-refractivity contribution < 1.29 is 13.2 Å². The quantitative estimate of drug-likeness (QED) is 0.843. The first-order valence-electron chi connectivity index (χ1n) is 5.78. The maximum absolute atomic E-state index is 12.3. The Morgan fingerprint density at radius 3 is 2.22 bits per heavy atom. The minimum Gasteiger partial charge on any atom is -0.497 e. The van der Waals surface area contributed by atoms with Gasteiger partial charge in [0.05, 0.1) is 12.0 Å². The first-order chi connectivity index (χ1) is 8.35. The van der Waals surface area contributed by atoms with E-state index in [0.29, 0.717) is 28.2 Å². The van der Waals surface area contributed by atoms with E-state index in [0.717, 1.165) is 0 Å². The molecule has 2 rings (SSSR count). The van der Waals surface area contributed by atoms with Crippen LogP contribution in [0.2, 0.25) is 0 Å². The lowest BCUT2D eigenvalue weighted by Crippen LogP contribution is -2.30. The molecule has 1 aliphatic rings. The molecule has 0 heterocycles. The summed E-state index contributed by atoms with van der Waals surface area (Å²) in [7, 11) is -1.94. The predicted octanol–water partition coefficient (Wildman–Crippen LogP) is 0.690. The fraction of sp³-hybridized carbons (Fsp3) is 0.500. The van der Waals surface area contributed by atoms with E-state index in [9.17, 15) is 8.42 Å². The monoisotopic (exact) mass is 270 g/mol. The van der Waals surface area contributed by atoms with Crippen LogP contribution in [0.25, 0.3) is 0 Å². The van der Waals surface area contributed by atoms with Crippen molar-refractivity contribution in [3.63, 3.8) is 0 Å². The van der Waals surface area contributed by atoms with Gasteiger partial charge in [-0.1, -0.05) is 0 Å². The van der Waals surface area contributed by atoms with E-state index in [1.54, 1.807) is 33.1 Å². The minimum atomic E-state index is -3.50. The molecule has 0 aromatic heterocycles. The molecule has 1 aromatic carbocycles. The lowest BCUT2D eigenvalue weighted by Gasteiger charge is -2.13. The number of rotatable bonds is 4. The largest absolute Gasteiger partial charge is 0.497 e. The zero-order chi connectivity index (χ0) is 13.5. The maximum Gasteiger partial charge on any atom is 0.241 e. The molecule has 1 aromatic rings. The van der Waals surface area contributed by atoms with Crippen LogP contribution < -0.4 is 15.2 Å². The Kier molecular flexibility index (Phi) is 3.35. The van der Waals surface area contributed by atoms with Crippen molar-refractivity contribution in [2.24, 2.45) is 5.73 Å². The van der Waals surface area contributed by atoms with Gasteiger partial charge in [-0.05, 0) is 43.5 Å². The number of benzene rings is 1. The summed E-state index contributed by atoms with van der Waals surface area (Å²) in [5.74, 6) is 0.659. The number of sulfonamides is 1. The average molecular weight is 270 g/mol. The van der Waals surface area contributed by atoms with Crippen molar-refractivity contribution in [2.75, 3.05) is 7.11 Å². The van der Waals surface area contributed by atoms with E-state index in [-0.39, 0.29) is 12.1 Å². The van der Waals surface area contributed by atoms with Crippen molar-refractivity contribution in [1.82, 2.24) is 4.72 Å². The van der Waals surface area contributed by atoms with Crippen LogP contribution in [0.5, 0.6) is 5.75 Å². The Balaban J connectivity index is 2.38. The summed E-state index contributed by atoms with van der Waals surface area (Å²) in [6, 6.07) is 3.25. The fourth-order valence-corrected chi connectivity index (χ4v) is 3.81. The second-order valence-corrected chi connectivity index (χ2v) is 6.37. The summed E-state index contributed by atoms with van der Waals surface area (Å²) in [4.78, 5) is 0.322. The Hall–Kier alpha value is -1.11. The van der Waals surface area contributed by atoms with Crippen LogP contribution in [0.4, 0.5) is 0 Å². The Bertz CT molecular complexity index is 546. The van der Waals surface area contributed by atoms with Crippen molar-refractivity contribution in [3.05, 3.63) is 23.3 Å². The lowest BCUT2D eigenvalue weighted by atomic mass is 10.1. The number of nitrogens with one attached hydrogen (secondary N) is 1. The third kappa shape index (κ3) is 2.50. The van der Waals surface area contributed by atoms with E-state index >= 15 is 0 Å². The molecule has 1 fully saturated rings. The number of ether oxygens (including phenoxy) is 1. The molecule has 0 saturated heterocycles. The SMILES string of the molecule is COc1cc(C)c(S(=O)(=O)NC2CC2N)c(C)c1. The standard InChI is InChI=1S/C12H18N2O3S/c1-7-4-9(17-3)5-8(2)12(7)18(15,16)14-11-6-10(11)13/h4-5,10-11,14H,6,13H2,1-3H3. The zero-order valence-electron chi connectivity index (χ0n) is 10.7. The van der Waals surface area contributed by atoms with Crippen LogP contribution in [0.15, 0.2) is 17.0 Å². The highest BCUT2D eigenvalue weighted by Gasteiger charge is 2.38. The maximum atomic E-state index is 12.3. The molecule has 3 N–H and O–H groups in total. The molecule has 100 valence electrons. The lowest BCUT2D eigenvalue weighted by molar-refractivity contribution is 0.413. The van der Waals surface area contributed by atoms with Gasteiger partial charge in [-0.25, -0.2) is 13.1 Å². The molecule has 5 nitrogen and oxygen atoms in total. The topological polar surface area (TPSA) is 81.4 Å². The molecule has 6 heteroatoms. The first-order valence-corrected chi connectivity index (χ1v) is 7.26. The van der Waals surface area contributed by atoms with Gasteiger partial charge in [0.25, 0.3) is 0 Å². The predicted molar refractivity (Wildman–Crippen MR) is 69.2 cm³/mol. The molecular weight excluding hydrogens is 252 g/mol. The van der Waals surface area contributed by atoms with E-state index in [2.05, 4.69) is 4.72 Å². The molecule has 0 aliphatic heterocycles. The molecule has 1 saturated carbocycles. The fourth-order valence-electron chi connectivity index (χ4n) is 2.06. The third-order valence-electron chi connectivity index (χ3n) is 3.08. The molecule has 18 heavy (non-hydrogen) atoms. The number of nitrogens with two attached hydrogens (primary N) is 1. The van der Waals surface area contributed by atoms with E-state index in [4.69, 9.17) is 10.5 Å². The van der Waals surface area contributed by atoms with Gasteiger partial charge in [0, 0.05) is 12.1 Å². The Morgan fingerprint density at radius 1 is 1.33 bits per heavy atom. The average Bonchev–Trinajstić information content (AvgIpc) is 2.91. The normalized spacial score (nSPS) is 22.9. The molecule has 0 spiro atoms. The van der Waals surface area contributed by atoms with Gasteiger partial charge in [0.1, 0.15) is 5.75 Å². The van der Waals surface area contributed by atoms with Gasteiger partial charge in [0.15, 0.2) is 0 Å². The van der Waals surface area contributed by atoms with Crippen LogP contribution in [0, 0.1) is 13.8 Å². The molecular formula is C12H18N2O3S. The van der Waals surface area contributed by atoms with Gasteiger partial charge in [0.2, 0.25) is 10.0 Å². The highest BCUT2D eigenvalue weighted by molar-refractivity contribution is 7.89. The van der Waals surface area contributed by atoms with Gasteiger partial charge in [-0.15, -0.1) is 0 Å². The molecule has 2 unspecified atom stereocenters. The highest BCUT2D eigenvalue weighted by atomic mass is 32.2. The summed E-state index contributed by atoms with van der Waals surface area (Å²) in [6.45, 7) is 3.52.